The second-order valence-electron chi connectivity index (χ2n) is 6.73. The summed E-state index contributed by atoms with van der Waals surface area (Å²) in [7, 11) is 4.63. The monoisotopic (exact) mass is 290 g/mol. The Morgan fingerprint density at radius 3 is 2.14 bits per heavy atom. The molecule has 1 heteroatoms. The molecular formula is C21H24N+. The van der Waals surface area contributed by atoms with E-state index >= 15 is 0 Å². The first kappa shape index (κ1) is 14.8. The number of nitrogens with zero attached hydrogens (tertiary/aromatic N) is 1. The largest absolute Gasteiger partial charge is 0.324 e. The molecule has 0 saturated carbocycles. The zero-order valence-electron chi connectivity index (χ0n) is 13.5. The van der Waals surface area contributed by atoms with Gasteiger partial charge in [0.2, 0.25) is 0 Å². The minimum Gasteiger partial charge on any atom is -0.324 e. The Labute approximate surface area is 133 Å². The molecule has 112 valence electrons. The van der Waals surface area contributed by atoms with Crippen LogP contribution in [0.3, 0.4) is 0 Å². The first-order chi connectivity index (χ1) is 10.6. The van der Waals surface area contributed by atoms with Gasteiger partial charge in [0.1, 0.15) is 6.54 Å². The van der Waals surface area contributed by atoms with E-state index in [-0.39, 0.29) is 0 Å². The van der Waals surface area contributed by atoms with Crippen LogP contribution in [0, 0.1) is 0 Å². The molecule has 3 rings (SSSR count). The molecule has 1 nitrogen and oxygen atoms in total. The Balaban J connectivity index is 1.67. The molecule has 0 radical (unpaired) electrons. The molecule has 0 aliphatic carbocycles. The number of benzene rings is 3. The fourth-order valence-electron chi connectivity index (χ4n) is 2.98. The van der Waals surface area contributed by atoms with Gasteiger partial charge in [-0.15, -0.1) is 0 Å². The van der Waals surface area contributed by atoms with E-state index in [1.807, 2.05) is 0 Å². The third-order valence-electron chi connectivity index (χ3n) is 4.27. The van der Waals surface area contributed by atoms with E-state index in [9.17, 15) is 0 Å². The van der Waals surface area contributed by atoms with Crippen LogP contribution in [0.4, 0.5) is 0 Å². The number of quaternary nitrogens is 1. The summed E-state index contributed by atoms with van der Waals surface area (Å²) in [5, 5.41) is 2.66. The van der Waals surface area contributed by atoms with Crippen LogP contribution in [0.2, 0.25) is 0 Å². The number of fused-ring (bicyclic) bond motifs is 1. The van der Waals surface area contributed by atoms with Crippen LogP contribution in [0.1, 0.15) is 11.1 Å². The fourth-order valence-corrected chi connectivity index (χ4v) is 2.98. The van der Waals surface area contributed by atoms with Crippen LogP contribution in [-0.2, 0) is 13.0 Å². The van der Waals surface area contributed by atoms with E-state index < -0.39 is 0 Å². The molecule has 0 aromatic heterocycles. The van der Waals surface area contributed by atoms with Gasteiger partial charge in [-0.2, -0.15) is 0 Å². The summed E-state index contributed by atoms with van der Waals surface area (Å²) in [6, 6.07) is 26.2. The first-order valence-corrected chi connectivity index (χ1v) is 7.96. The third kappa shape index (κ3) is 3.75. The average molecular weight is 290 g/mol. The lowest BCUT2D eigenvalue weighted by Crippen LogP contribution is -2.40. The van der Waals surface area contributed by atoms with Crippen molar-refractivity contribution in [3.05, 3.63) is 83.9 Å². The number of hydrogen-bond acceptors (Lipinski definition) is 0. The van der Waals surface area contributed by atoms with Crippen molar-refractivity contribution in [2.24, 2.45) is 0 Å². The zero-order chi connectivity index (χ0) is 15.4. The number of hydrogen-bond donors (Lipinski definition) is 0. The van der Waals surface area contributed by atoms with Crippen LogP contribution in [0.25, 0.3) is 10.8 Å². The van der Waals surface area contributed by atoms with Crippen molar-refractivity contribution >= 4 is 10.8 Å². The normalized spacial score (nSPS) is 11.7. The highest BCUT2D eigenvalue weighted by Gasteiger charge is 2.15. The molecule has 0 atom stereocenters. The lowest BCUT2D eigenvalue weighted by Gasteiger charge is -2.30. The van der Waals surface area contributed by atoms with E-state index in [0.717, 1.165) is 24.0 Å². The summed E-state index contributed by atoms with van der Waals surface area (Å²) in [5.74, 6) is 0. The Morgan fingerprint density at radius 2 is 1.36 bits per heavy atom. The van der Waals surface area contributed by atoms with Crippen LogP contribution in [-0.4, -0.2) is 25.1 Å². The van der Waals surface area contributed by atoms with Gasteiger partial charge in [0, 0.05) is 12.0 Å². The van der Waals surface area contributed by atoms with Crippen molar-refractivity contribution in [3.63, 3.8) is 0 Å². The van der Waals surface area contributed by atoms with Crippen molar-refractivity contribution in [3.8, 4) is 0 Å². The Hall–Kier alpha value is -2.12. The molecule has 22 heavy (non-hydrogen) atoms. The molecule has 0 unspecified atom stereocenters. The van der Waals surface area contributed by atoms with Gasteiger partial charge in [0.15, 0.2) is 0 Å². The summed E-state index contributed by atoms with van der Waals surface area (Å²) < 4.78 is 1.01. The summed E-state index contributed by atoms with van der Waals surface area (Å²) in [5.41, 5.74) is 2.84. The molecule has 0 saturated heterocycles. The van der Waals surface area contributed by atoms with Crippen molar-refractivity contribution in [2.45, 2.75) is 13.0 Å². The Bertz CT molecular complexity index is 744. The predicted molar refractivity (Wildman–Crippen MR) is 94.8 cm³/mol. The van der Waals surface area contributed by atoms with Gasteiger partial charge >= 0.3 is 0 Å². The van der Waals surface area contributed by atoms with Gasteiger partial charge in [-0.05, 0) is 16.3 Å². The van der Waals surface area contributed by atoms with E-state index in [1.165, 1.54) is 21.9 Å². The zero-order valence-corrected chi connectivity index (χ0v) is 13.5. The van der Waals surface area contributed by atoms with E-state index in [0.29, 0.717) is 0 Å². The summed E-state index contributed by atoms with van der Waals surface area (Å²) in [6.07, 6.45) is 1.12. The van der Waals surface area contributed by atoms with E-state index in [4.69, 9.17) is 0 Å². The van der Waals surface area contributed by atoms with Gasteiger partial charge in [-0.3, -0.25) is 0 Å². The first-order valence-electron chi connectivity index (χ1n) is 7.96. The molecule has 0 aliphatic heterocycles. The molecule has 3 aromatic carbocycles. The maximum absolute atomic E-state index is 2.33. The summed E-state index contributed by atoms with van der Waals surface area (Å²) in [6.45, 7) is 2.22. The number of rotatable bonds is 5. The Kier molecular flexibility index (Phi) is 4.26. The molecule has 0 bridgehead atoms. The van der Waals surface area contributed by atoms with Crippen molar-refractivity contribution in [2.75, 3.05) is 20.6 Å². The van der Waals surface area contributed by atoms with E-state index in [2.05, 4.69) is 86.9 Å². The molecular weight excluding hydrogens is 266 g/mol. The standard InChI is InChI=1S/C21H24N/c1-22(2,17-19-8-4-3-5-9-19)15-14-18-12-13-20-10-6-7-11-21(20)16-18/h3-13,16H,14-15,17H2,1-2H3/q+1. The second-order valence-corrected chi connectivity index (χ2v) is 6.73. The van der Waals surface area contributed by atoms with Gasteiger partial charge in [0.05, 0.1) is 20.6 Å². The Morgan fingerprint density at radius 1 is 0.682 bits per heavy atom. The smallest absolute Gasteiger partial charge is 0.104 e. The lowest BCUT2D eigenvalue weighted by molar-refractivity contribution is -0.903. The van der Waals surface area contributed by atoms with Crippen LogP contribution in [0.15, 0.2) is 72.8 Å². The second kappa shape index (κ2) is 6.33. The molecule has 0 heterocycles. The van der Waals surface area contributed by atoms with Crippen molar-refractivity contribution < 1.29 is 4.48 Å². The SMILES string of the molecule is C[N+](C)(CCc1ccc2ccccc2c1)Cc1ccccc1. The minimum absolute atomic E-state index is 1.01. The summed E-state index contributed by atoms with van der Waals surface area (Å²) >= 11 is 0. The maximum Gasteiger partial charge on any atom is 0.104 e. The predicted octanol–water partition coefficient (Wildman–Crippen LogP) is 4.66. The molecule has 0 aliphatic rings. The van der Waals surface area contributed by atoms with Crippen LogP contribution in [0.5, 0.6) is 0 Å². The summed E-state index contributed by atoms with van der Waals surface area (Å²) in [4.78, 5) is 0. The molecule has 0 fully saturated rings. The lowest BCUT2D eigenvalue weighted by atomic mass is 10.0. The van der Waals surface area contributed by atoms with Gasteiger partial charge in [-0.25, -0.2) is 0 Å². The topological polar surface area (TPSA) is 0 Å². The van der Waals surface area contributed by atoms with Crippen molar-refractivity contribution in [1.29, 1.82) is 0 Å². The van der Waals surface area contributed by atoms with Crippen molar-refractivity contribution in [1.82, 2.24) is 0 Å². The number of likely N-dealkylation sites (N-methyl/N-ethyl adjacent to an activating group) is 1. The van der Waals surface area contributed by atoms with E-state index in [1.54, 1.807) is 0 Å². The highest BCUT2D eigenvalue weighted by Crippen LogP contribution is 2.17. The molecule has 0 N–H and O–H groups in total. The van der Waals surface area contributed by atoms with Gasteiger partial charge < -0.3 is 4.48 Å². The fraction of sp³-hybridized carbons (Fsp3) is 0.238. The van der Waals surface area contributed by atoms with Gasteiger partial charge in [-0.1, -0.05) is 72.8 Å². The minimum atomic E-state index is 1.01. The molecule has 3 aromatic rings. The molecule has 0 amide bonds. The van der Waals surface area contributed by atoms with Crippen LogP contribution >= 0.6 is 0 Å². The quantitative estimate of drug-likeness (QED) is 0.600. The van der Waals surface area contributed by atoms with Gasteiger partial charge in [0.25, 0.3) is 0 Å². The highest BCUT2D eigenvalue weighted by atomic mass is 15.3. The highest BCUT2D eigenvalue weighted by molar-refractivity contribution is 5.82. The third-order valence-corrected chi connectivity index (χ3v) is 4.27. The maximum atomic E-state index is 2.33. The molecule has 0 spiro atoms. The van der Waals surface area contributed by atoms with Crippen LogP contribution < -0.4 is 0 Å². The average Bonchev–Trinajstić information content (AvgIpc) is 2.53.